The van der Waals surface area contributed by atoms with E-state index in [1.54, 1.807) is 11.9 Å². The summed E-state index contributed by atoms with van der Waals surface area (Å²) in [6.07, 6.45) is 1.37. The van der Waals surface area contributed by atoms with Crippen molar-refractivity contribution in [1.29, 1.82) is 0 Å². The Balaban J connectivity index is 2.06. The number of aromatic nitrogens is 1. The molecular formula is C9H14N4O3. The second kappa shape index (κ2) is 4.60. The highest BCUT2D eigenvalue weighted by molar-refractivity contribution is 5.94. The Hall–Kier alpha value is -1.44. The van der Waals surface area contributed by atoms with E-state index in [1.165, 1.54) is 6.20 Å². The van der Waals surface area contributed by atoms with E-state index < -0.39 is 0 Å². The van der Waals surface area contributed by atoms with Crippen molar-refractivity contribution in [3.05, 3.63) is 17.5 Å². The molecule has 0 bridgehead atoms. The Morgan fingerprint density at radius 2 is 2.25 bits per heavy atom. The van der Waals surface area contributed by atoms with Crippen molar-refractivity contribution in [3.63, 3.8) is 0 Å². The van der Waals surface area contributed by atoms with Crippen LogP contribution in [0, 0.1) is 6.92 Å². The summed E-state index contributed by atoms with van der Waals surface area (Å²) in [6.45, 7) is 4.03. The number of hydrazine groups is 2. The van der Waals surface area contributed by atoms with Gasteiger partial charge in [-0.05, 0) is 6.92 Å². The van der Waals surface area contributed by atoms with E-state index in [-0.39, 0.29) is 5.91 Å². The summed E-state index contributed by atoms with van der Waals surface area (Å²) in [5, 5.41) is 6.38. The molecular weight excluding hydrogens is 212 g/mol. The number of hydrogen-bond donors (Lipinski definition) is 1. The molecule has 0 saturated carbocycles. The Labute approximate surface area is 92.7 Å². The summed E-state index contributed by atoms with van der Waals surface area (Å²) >= 11 is 0. The first-order valence-corrected chi connectivity index (χ1v) is 5.03. The predicted octanol–water partition coefficient (Wildman–Crippen LogP) is -0.454. The van der Waals surface area contributed by atoms with Gasteiger partial charge in [0.05, 0.1) is 19.4 Å². The SMILES string of the molecule is Cc1oncc1C(=O)N(N)N1CCOCC1. The summed E-state index contributed by atoms with van der Waals surface area (Å²) < 4.78 is 10.0. The Kier molecular flexibility index (Phi) is 3.18. The zero-order valence-electron chi connectivity index (χ0n) is 9.05. The first-order valence-electron chi connectivity index (χ1n) is 5.03. The van der Waals surface area contributed by atoms with Gasteiger partial charge in [0.1, 0.15) is 11.3 Å². The van der Waals surface area contributed by atoms with Gasteiger partial charge in [0.2, 0.25) is 0 Å². The van der Waals surface area contributed by atoms with Crippen LogP contribution >= 0.6 is 0 Å². The fourth-order valence-electron chi connectivity index (χ4n) is 1.53. The molecule has 1 aliphatic rings. The van der Waals surface area contributed by atoms with Gasteiger partial charge in [0.25, 0.3) is 5.91 Å². The molecule has 1 aromatic heterocycles. The van der Waals surface area contributed by atoms with Crippen LogP contribution in [0.1, 0.15) is 16.1 Å². The number of aryl methyl sites for hydroxylation is 1. The zero-order chi connectivity index (χ0) is 11.5. The number of carbonyl (C=O) groups excluding carboxylic acids is 1. The summed E-state index contributed by atoms with van der Waals surface area (Å²) in [4.78, 5) is 11.9. The van der Waals surface area contributed by atoms with Crippen molar-refractivity contribution in [2.45, 2.75) is 6.92 Å². The number of morpholine rings is 1. The lowest BCUT2D eigenvalue weighted by atomic mass is 10.2. The maximum absolute atomic E-state index is 11.9. The van der Waals surface area contributed by atoms with Crippen molar-refractivity contribution in [1.82, 2.24) is 15.3 Å². The van der Waals surface area contributed by atoms with Crippen LogP contribution in [-0.2, 0) is 4.74 Å². The zero-order valence-corrected chi connectivity index (χ0v) is 9.05. The van der Waals surface area contributed by atoms with Crippen LogP contribution in [-0.4, -0.2) is 47.5 Å². The van der Waals surface area contributed by atoms with Gasteiger partial charge in [-0.3, -0.25) is 4.79 Å². The number of rotatable bonds is 2. The van der Waals surface area contributed by atoms with E-state index >= 15 is 0 Å². The molecule has 0 aromatic carbocycles. The van der Waals surface area contributed by atoms with Crippen molar-refractivity contribution in [2.75, 3.05) is 26.3 Å². The minimum absolute atomic E-state index is 0.319. The Morgan fingerprint density at radius 3 is 2.81 bits per heavy atom. The second-order valence-electron chi connectivity index (χ2n) is 3.51. The molecule has 0 atom stereocenters. The highest BCUT2D eigenvalue weighted by atomic mass is 16.5. The maximum Gasteiger partial charge on any atom is 0.288 e. The molecule has 2 heterocycles. The average Bonchev–Trinajstić information content (AvgIpc) is 2.75. The van der Waals surface area contributed by atoms with E-state index in [0.717, 1.165) is 5.12 Å². The molecule has 2 N–H and O–H groups in total. The van der Waals surface area contributed by atoms with Gasteiger partial charge >= 0.3 is 0 Å². The second-order valence-corrected chi connectivity index (χ2v) is 3.51. The molecule has 7 nitrogen and oxygen atoms in total. The molecule has 0 spiro atoms. The van der Waals surface area contributed by atoms with Crippen molar-refractivity contribution in [2.24, 2.45) is 5.84 Å². The summed E-state index contributed by atoms with van der Waals surface area (Å²) in [7, 11) is 0. The normalized spacial score (nSPS) is 17.4. The molecule has 1 fully saturated rings. The number of carbonyl (C=O) groups is 1. The lowest BCUT2D eigenvalue weighted by Crippen LogP contribution is -2.55. The molecule has 2 rings (SSSR count). The molecule has 16 heavy (non-hydrogen) atoms. The minimum Gasteiger partial charge on any atom is -0.379 e. The molecule has 1 amide bonds. The summed E-state index contributed by atoms with van der Waals surface area (Å²) in [5.74, 6) is 5.88. The molecule has 1 aromatic rings. The predicted molar refractivity (Wildman–Crippen MR) is 54.0 cm³/mol. The van der Waals surface area contributed by atoms with Crippen LogP contribution in [0.15, 0.2) is 10.7 Å². The van der Waals surface area contributed by atoms with Crippen LogP contribution in [0.3, 0.4) is 0 Å². The fourth-order valence-corrected chi connectivity index (χ4v) is 1.53. The Morgan fingerprint density at radius 1 is 1.56 bits per heavy atom. The number of ether oxygens (including phenoxy) is 1. The average molecular weight is 226 g/mol. The lowest BCUT2D eigenvalue weighted by Gasteiger charge is -2.33. The van der Waals surface area contributed by atoms with Crippen molar-refractivity contribution in [3.8, 4) is 0 Å². The van der Waals surface area contributed by atoms with Crippen molar-refractivity contribution >= 4 is 5.91 Å². The van der Waals surface area contributed by atoms with Crippen molar-refractivity contribution < 1.29 is 14.1 Å². The minimum atomic E-state index is -0.319. The van der Waals surface area contributed by atoms with Gasteiger partial charge in [-0.2, -0.15) is 5.01 Å². The van der Waals surface area contributed by atoms with E-state index in [9.17, 15) is 4.79 Å². The van der Waals surface area contributed by atoms with Gasteiger partial charge in [-0.1, -0.05) is 5.16 Å². The number of amides is 1. The molecule has 0 aliphatic carbocycles. The largest absolute Gasteiger partial charge is 0.379 e. The molecule has 88 valence electrons. The van der Waals surface area contributed by atoms with E-state index in [2.05, 4.69) is 5.16 Å². The topological polar surface area (TPSA) is 84.8 Å². The third-order valence-electron chi connectivity index (χ3n) is 2.48. The van der Waals surface area contributed by atoms with Crippen LogP contribution in [0.5, 0.6) is 0 Å². The van der Waals surface area contributed by atoms with E-state index in [0.29, 0.717) is 37.6 Å². The number of nitrogens with two attached hydrogens (primary N) is 1. The molecule has 7 heteroatoms. The van der Waals surface area contributed by atoms with Crippen LogP contribution in [0.2, 0.25) is 0 Å². The van der Waals surface area contributed by atoms with E-state index in [1.807, 2.05) is 0 Å². The molecule has 1 aliphatic heterocycles. The van der Waals surface area contributed by atoms with Gasteiger partial charge in [0.15, 0.2) is 0 Å². The van der Waals surface area contributed by atoms with Crippen LogP contribution in [0.4, 0.5) is 0 Å². The third kappa shape index (κ3) is 2.06. The number of nitrogens with zero attached hydrogens (tertiary/aromatic N) is 3. The molecule has 0 radical (unpaired) electrons. The highest BCUT2D eigenvalue weighted by Crippen LogP contribution is 2.10. The van der Waals surface area contributed by atoms with Gasteiger partial charge in [-0.15, -0.1) is 0 Å². The van der Waals surface area contributed by atoms with E-state index in [4.69, 9.17) is 15.1 Å². The first-order chi connectivity index (χ1) is 7.70. The monoisotopic (exact) mass is 226 g/mol. The standard InChI is InChI=1S/C9H14N4O3/c1-7-8(6-11-16-7)9(14)13(10)12-2-4-15-5-3-12/h6H,2-5,10H2,1H3. The van der Waals surface area contributed by atoms with Gasteiger partial charge in [0, 0.05) is 13.1 Å². The quantitative estimate of drug-likeness (QED) is 0.417. The maximum atomic E-state index is 11.9. The van der Waals surface area contributed by atoms with Gasteiger partial charge in [-0.25, -0.2) is 11.0 Å². The van der Waals surface area contributed by atoms with Crippen LogP contribution < -0.4 is 5.84 Å². The third-order valence-corrected chi connectivity index (χ3v) is 2.48. The first kappa shape index (κ1) is 11.1. The Bertz CT molecular complexity index is 373. The van der Waals surface area contributed by atoms with Gasteiger partial charge < -0.3 is 9.26 Å². The molecule has 1 saturated heterocycles. The number of hydrogen-bond acceptors (Lipinski definition) is 6. The lowest BCUT2D eigenvalue weighted by molar-refractivity contribution is -0.0709. The highest BCUT2D eigenvalue weighted by Gasteiger charge is 2.24. The summed E-state index contributed by atoms with van der Waals surface area (Å²) in [6, 6.07) is 0. The smallest absolute Gasteiger partial charge is 0.288 e. The molecule has 0 unspecified atom stereocenters. The van der Waals surface area contributed by atoms with Crippen LogP contribution in [0.25, 0.3) is 0 Å². The fraction of sp³-hybridized carbons (Fsp3) is 0.556. The summed E-state index contributed by atoms with van der Waals surface area (Å²) in [5.41, 5.74) is 0.383.